The number of hydrogen-bond acceptors (Lipinski definition) is 5. The summed E-state index contributed by atoms with van der Waals surface area (Å²) in [5, 5.41) is 9.66. The zero-order chi connectivity index (χ0) is 15.0. The van der Waals surface area contributed by atoms with Gasteiger partial charge in [-0.1, -0.05) is 19.3 Å². The van der Waals surface area contributed by atoms with Crippen molar-refractivity contribution in [2.45, 2.75) is 44.9 Å². The monoisotopic (exact) mass is 280 g/mol. The van der Waals surface area contributed by atoms with E-state index in [1.54, 1.807) is 0 Å². The molecule has 1 aliphatic rings. The second kappa shape index (κ2) is 8.30. The summed E-state index contributed by atoms with van der Waals surface area (Å²) in [5.74, 6) is -1.47. The summed E-state index contributed by atoms with van der Waals surface area (Å²) in [5.41, 5.74) is 0.141. The molecule has 0 fully saturated rings. The average Bonchev–Trinajstić information content (AvgIpc) is 2.45. The summed E-state index contributed by atoms with van der Waals surface area (Å²) in [6.45, 7) is 0. The van der Waals surface area contributed by atoms with Crippen LogP contribution in [0.3, 0.4) is 0 Å². The number of ether oxygens (including phenoxy) is 1. The number of aldehydes is 1. The second-order valence-electron chi connectivity index (χ2n) is 4.71. The first kappa shape index (κ1) is 16.1. The van der Waals surface area contributed by atoms with E-state index in [9.17, 15) is 19.5 Å². The molecule has 1 rings (SSSR count). The maximum atomic E-state index is 11.9. The van der Waals surface area contributed by atoms with Crippen molar-refractivity contribution in [3.05, 3.63) is 23.2 Å². The summed E-state index contributed by atoms with van der Waals surface area (Å²) < 4.78 is 4.84. The van der Waals surface area contributed by atoms with Gasteiger partial charge in [0.1, 0.15) is 6.29 Å². The number of unbranched alkanes of at least 4 members (excludes halogenated alkanes) is 5. The number of allylic oxidation sites excluding steroid dienone is 2. The molecular weight excluding hydrogens is 260 g/mol. The summed E-state index contributed by atoms with van der Waals surface area (Å²) in [7, 11) is 1.32. The fraction of sp³-hybridized carbons (Fsp3) is 0.533. The Bertz CT molecular complexity index is 445. The van der Waals surface area contributed by atoms with Gasteiger partial charge in [-0.3, -0.25) is 9.59 Å². The maximum absolute atomic E-state index is 11.9. The topological polar surface area (TPSA) is 80.7 Å². The van der Waals surface area contributed by atoms with Crippen molar-refractivity contribution >= 4 is 17.9 Å². The first-order valence-corrected chi connectivity index (χ1v) is 6.82. The molecule has 0 amide bonds. The molecule has 0 radical (unpaired) electrons. The van der Waals surface area contributed by atoms with Crippen LogP contribution in [0.1, 0.15) is 44.9 Å². The van der Waals surface area contributed by atoms with Gasteiger partial charge in [-0.05, 0) is 19.3 Å². The number of hydrogen-bond donors (Lipinski definition) is 1. The Morgan fingerprint density at radius 1 is 1.15 bits per heavy atom. The fourth-order valence-electron chi connectivity index (χ4n) is 2.10. The van der Waals surface area contributed by atoms with Crippen LogP contribution >= 0.6 is 0 Å². The van der Waals surface area contributed by atoms with Crippen LogP contribution < -0.4 is 0 Å². The molecule has 0 bridgehead atoms. The van der Waals surface area contributed by atoms with Gasteiger partial charge in [-0.15, -0.1) is 0 Å². The van der Waals surface area contributed by atoms with E-state index in [2.05, 4.69) is 0 Å². The average molecular weight is 280 g/mol. The molecule has 1 aliphatic carbocycles. The van der Waals surface area contributed by atoms with E-state index < -0.39 is 17.3 Å². The van der Waals surface area contributed by atoms with Gasteiger partial charge in [0, 0.05) is 18.1 Å². The normalized spacial score (nSPS) is 15.3. The van der Waals surface area contributed by atoms with Crippen molar-refractivity contribution in [2.75, 3.05) is 7.11 Å². The molecule has 20 heavy (non-hydrogen) atoms. The number of aliphatic hydroxyl groups is 1. The molecule has 0 heterocycles. The van der Waals surface area contributed by atoms with Crippen molar-refractivity contribution in [1.29, 1.82) is 0 Å². The van der Waals surface area contributed by atoms with Crippen molar-refractivity contribution < 1.29 is 24.2 Å². The number of carbonyl (C=O) groups is 3. The highest BCUT2D eigenvalue weighted by atomic mass is 16.5. The van der Waals surface area contributed by atoms with Crippen LogP contribution in [0.15, 0.2) is 23.2 Å². The second-order valence-corrected chi connectivity index (χ2v) is 4.71. The molecule has 0 atom stereocenters. The molecule has 5 heteroatoms. The minimum absolute atomic E-state index is 0.0196. The van der Waals surface area contributed by atoms with Gasteiger partial charge in [0.15, 0.2) is 11.5 Å². The van der Waals surface area contributed by atoms with E-state index in [4.69, 9.17) is 4.74 Å². The molecule has 0 unspecified atom stereocenters. The van der Waals surface area contributed by atoms with E-state index in [0.717, 1.165) is 44.5 Å². The minimum Gasteiger partial charge on any atom is -0.504 e. The Kier molecular flexibility index (Phi) is 6.70. The third-order valence-electron chi connectivity index (χ3n) is 3.25. The van der Waals surface area contributed by atoms with E-state index in [1.165, 1.54) is 7.11 Å². The molecule has 0 spiro atoms. The van der Waals surface area contributed by atoms with E-state index in [1.807, 2.05) is 0 Å². The lowest BCUT2D eigenvalue weighted by atomic mass is 9.94. The number of Topliss-reactive ketones (excluding diaryl/α,β-unsaturated/α-hetero) is 1. The lowest BCUT2D eigenvalue weighted by Crippen LogP contribution is -2.20. The Morgan fingerprint density at radius 3 is 2.45 bits per heavy atom. The zero-order valence-electron chi connectivity index (χ0n) is 11.7. The van der Waals surface area contributed by atoms with Crippen LogP contribution in [0.5, 0.6) is 0 Å². The molecule has 0 aromatic rings. The van der Waals surface area contributed by atoms with Crippen LogP contribution in [0, 0.1) is 0 Å². The molecule has 0 aromatic heterocycles. The number of rotatable bonds is 9. The highest BCUT2D eigenvalue weighted by Gasteiger charge is 2.28. The lowest BCUT2D eigenvalue weighted by Gasteiger charge is -2.14. The first-order valence-electron chi connectivity index (χ1n) is 6.82. The molecule has 0 saturated carbocycles. The van der Waals surface area contributed by atoms with Gasteiger partial charge >= 0.3 is 0 Å². The van der Waals surface area contributed by atoms with Crippen LogP contribution in [-0.2, 0) is 19.1 Å². The molecular formula is C15H20O5. The van der Waals surface area contributed by atoms with Crippen LogP contribution in [0.2, 0.25) is 0 Å². The maximum Gasteiger partial charge on any atom is 0.227 e. The molecule has 1 N–H and O–H groups in total. The third-order valence-corrected chi connectivity index (χ3v) is 3.25. The van der Waals surface area contributed by atoms with Crippen molar-refractivity contribution in [3.63, 3.8) is 0 Å². The Balaban J connectivity index is 2.42. The lowest BCUT2D eigenvalue weighted by molar-refractivity contribution is -0.119. The smallest absolute Gasteiger partial charge is 0.227 e. The summed E-state index contributed by atoms with van der Waals surface area (Å²) >= 11 is 0. The van der Waals surface area contributed by atoms with Crippen molar-refractivity contribution in [1.82, 2.24) is 0 Å². The van der Waals surface area contributed by atoms with Crippen LogP contribution in [0.25, 0.3) is 0 Å². The van der Waals surface area contributed by atoms with Crippen molar-refractivity contribution in [2.24, 2.45) is 0 Å². The van der Waals surface area contributed by atoms with Gasteiger partial charge in [-0.2, -0.15) is 0 Å². The third kappa shape index (κ3) is 4.33. The number of ketones is 2. The SMILES string of the molecule is COC1=CC(=O)C(O)=C(CCCCCCCC=O)C1=O. The van der Waals surface area contributed by atoms with Gasteiger partial charge in [-0.25, -0.2) is 0 Å². The summed E-state index contributed by atoms with van der Waals surface area (Å²) in [6, 6.07) is 0. The van der Waals surface area contributed by atoms with Gasteiger partial charge in [0.2, 0.25) is 11.6 Å². The Hall–Kier alpha value is -1.91. The van der Waals surface area contributed by atoms with Crippen LogP contribution in [-0.4, -0.2) is 30.1 Å². The number of methoxy groups -OCH3 is 1. The predicted octanol–water partition coefficient (Wildman–Crippen LogP) is 2.41. The quantitative estimate of drug-likeness (QED) is 0.398. The largest absolute Gasteiger partial charge is 0.504 e. The van der Waals surface area contributed by atoms with Crippen LogP contribution in [0.4, 0.5) is 0 Å². The fourth-order valence-corrected chi connectivity index (χ4v) is 2.10. The zero-order valence-corrected chi connectivity index (χ0v) is 11.7. The number of aliphatic hydroxyl groups excluding tert-OH is 1. The first-order chi connectivity index (χ1) is 9.61. The Morgan fingerprint density at radius 2 is 1.80 bits per heavy atom. The van der Waals surface area contributed by atoms with E-state index in [-0.39, 0.29) is 11.3 Å². The molecule has 0 aromatic carbocycles. The molecule has 0 saturated heterocycles. The number of carbonyl (C=O) groups excluding carboxylic acids is 3. The van der Waals surface area contributed by atoms with Gasteiger partial charge in [0.05, 0.1) is 7.11 Å². The molecule has 5 nitrogen and oxygen atoms in total. The molecule has 0 aliphatic heterocycles. The standard InChI is InChI=1S/C15H20O5/c1-20-13-10-12(17)14(18)11(15(13)19)8-6-4-2-3-5-7-9-16/h9-10,18H,2-8H2,1H3. The van der Waals surface area contributed by atoms with Crippen molar-refractivity contribution in [3.8, 4) is 0 Å². The highest BCUT2D eigenvalue weighted by molar-refractivity contribution is 6.20. The predicted molar refractivity (Wildman–Crippen MR) is 73.1 cm³/mol. The Labute approximate surface area is 118 Å². The van der Waals surface area contributed by atoms with Gasteiger partial charge < -0.3 is 14.6 Å². The highest BCUT2D eigenvalue weighted by Crippen LogP contribution is 2.23. The molecule has 110 valence electrons. The van der Waals surface area contributed by atoms with E-state index in [0.29, 0.717) is 12.8 Å². The summed E-state index contributed by atoms with van der Waals surface area (Å²) in [6.07, 6.45) is 7.31. The summed E-state index contributed by atoms with van der Waals surface area (Å²) in [4.78, 5) is 33.5. The van der Waals surface area contributed by atoms with Gasteiger partial charge in [0.25, 0.3) is 0 Å². The van der Waals surface area contributed by atoms with E-state index >= 15 is 0 Å². The minimum atomic E-state index is -0.581.